The largest absolute Gasteiger partial charge is 0.387 e. The van der Waals surface area contributed by atoms with Crippen molar-refractivity contribution in [2.24, 2.45) is 0 Å². The van der Waals surface area contributed by atoms with Gasteiger partial charge < -0.3 is 10.4 Å². The number of rotatable bonds is 21. The molecule has 0 radical (unpaired) electrons. The van der Waals surface area contributed by atoms with Gasteiger partial charge in [0.25, 0.3) is 0 Å². The van der Waals surface area contributed by atoms with E-state index < -0.39 is 6.10 Å². The highest BCUT2D eigenvalue weighted by Gasteiger charge is 2.17. The van der Waals surface area contributed by atoms with E-state index in [2.05, 4.69) is 17.2 Å². The van der Waals surface area contributed by atoms with E-state index in [9.17, 15) is 9.90 Å². The van der Waals surface area contributed by atoms with Gasteiger partial charge in [0, 0.05) is 12.6 Å². The van der Waals surface area contributed by atoms with Gasteiger partial charge in [0.1, 0.15) is 0 Å². The van der Waals surface area contributed by atoms with E-state index in [1.807, 2.05) is 25.1 Å². The van der Waals surface area contributed by atoms with E-state index in [1.54, 1.807) is 18.3 Å². The molecule has 1 aromatic rings. The van der Waals surface area contributed by atoms with Gasteiger partial charge in [-0.1, -0.05) is 116 Å². The lowest BCUT2D eigenvalue weighted by Gasteiger charge is -2.20. The van der Waals surface area contributed by atoms with E-state index >= 15 is 0 Å². The first-order chi connectivity index (χ1) is 16.2. The molecule has 4 nitrogen and oxygen atoms in total. The van der Waals surface area contributed by atoms with Crippen molar-refractivity contribution in [2.75, 3.05) is 0 Å². The molecule has 0 unspecified atom stereocenters. The topological polar surface area (TPSA) is 62.2 Å². The molecule has 188 valence electrons. The average molecular weight is 459 g/mol. The summed E-state index contributed by atoms with van der Waals surface area (Å²) in [5.41, 5.74) is 0.801. The summed E-state index contributed by atoms with van der Waals surface area (Å²) in [6.45, 7) is 4.26. The van der Waals surface area contributed by atoms with Crippen LogP contribution >= 0.6 is 0 Å². The van der Waals surface area contributed by atoms with Crippen LogP contribution in [0.5, 0.6) is 0 Å². The number of aliphatic hydroxyl groups excluding tert-OH is 1. The fourth-order valence-electron chi connectivity index (χ4n) is 4.17. The molecular weight excluding hydrogens is 408 g/mol. The second kappa shape index (κ2) is 20.9. The minimum Gasteiger partial charge on any atom is -0.387 e. The zero-order valence-electron chi connectivity index (χ0n) is 21.4. The van der Waals surface area contributed by atoms with Gasteiger partial charge in [-0.15, -0.1) is 0 Å². The number of nitrogens with one attached hydrogen (secondary N) is 1. The first-order valence-corrected chi connectivity index (χ1v) is 13.7. The minimum absolute atomic E-state index is 0.0434. The van der Waals surface area contributed by atoms with Gasteiger partial charge in [-0.05, 0) is 31.1 Å². The van der Waals surface area contributed by atoms with E-state index in [0.29, 0.717) is 12.8 Å². The summed E-state index contributed by atoms with van der Waals surface area (Å²) in [6.07, 6.45) is 25.6. The van der Waals surface area contributed by atoms with Gasteiger partial charge in [0.05, 0.1) is 17.8 Å². The van der Waals surface area contributed by atoms with Crippen LogP contribution in [0, 0.1) is 0 Å². The molecule has 0 spiro atoms. The molecule has 0 aliphatic rings. The fourth-order valence-corrected chi connectivity index (χ4v) is 4.17. The maximum Gasteiger partial charge on any atom is 0.220 e. The Kier molecular flexibility index (Phi) is 18.6. The summed E-state index contributed by atoms with van der Waals surface area (Å²) in [5.74, 6) is 0.0434. The van der Waals surface area contributed by atoms with E-state index in [4.69, 9.17) is 0 Å². The molecule has 0 saturated heterocycles. The van der Waals surface area contributed by atoms with Gasteiger partial charge in [0.15, 0.2) is 0 Å². The van der Waals surface area contributed by atoms with Gasteiger partial charge in [-0.2, -0.15) is 0 Å². The molecule has 1 rings (SSSR count). The number of carbonyl (C=O) groups is 1. The van der Waals surface area contributed by atoms with Crippen molar-refractivity contribution in [3.05, 3.63) is 36.2 Å². The molecule has 4 heteroatoms. The molecule has 0 fully saturated rings. The van der Waals surface area contributed by atoms with Crippen LogP contribution < -0.4 is 5.32 Å². The van der Waals surface area contributed by atoms with Crippen LogP contribution in [-0.4, -0.2) is 28.1 Å². The Hall–Kier alpha value is -1.68. The number of hydrogen-bond acceptors (Lipinski definition) is 3. The van der Waals surface area contributed by atoms with Crippen molar-refractivity contribution in [3.63, 3.8) is 0 Å². The van der Waals surface area contributed by atoms with Gasteiger partial charge in [0.2, 0.25) is 5.91 Å². The molecule has 2 N–H and O–H groups in total. The second-order valence-corrected chi connectivity index (χ2v) is 9.39. The van der Waals surface area contributed by atoms with Crippen molar-refractivity contribution in [1.29, 1.82) is 0 Å². The van der Waals surface area contributed by atoms with Crippen molar-refractivity contribution in [3.8, 4) is 0 Å². The summed E-state index contributed by atoms with van der Waals surface area (Å²) in [6, 6.07) is 5.41. The Balaban J connectivity index is 1.98. The second-order valence-electron chi connectivity index (χ2n) is 9.39. The zero-order chi connectivity index (χ0) is 24.0. The Morgan fingerprint density at radius 3 is 1.91 bits per heavy atom. The molecule has 0 aromatic carbocycles. The normalized spacial score (nSPS) is 13.3. The average Bonchev–Trinajstić information content (AvgIpc) is 2.84. The maximum atomic E-state index is 12.3. The van der Waals surface area contributed by atoms with Crippen molar-refractivity contribution in [2.45, 2.75) is 135 Å². The molecule has 1 amide bonds. The summed E-state index contributed by atoms with van der Waals surface area (Å²) >= 11 is 0. The van der Waals surface area contributed by atoms with E-state index in [1.165, 1.54) is 83.5 Å². The third-order valence-electron chi connectivity index (χ3n) is 6.36. The number of amides is 1. The lowest BCUT2D eigenvalue weighted by atomic mass is 10.0. The quantitative estimate of drug-likeness (QED) is 0.186. The first kappa shape index (κ1) is 29.4. The summed E-state index contributed by atoms with van der Waals surface area (Å²) in [5, 5.41) is 13.4. The third-order valence-corrected chi connectivity index (χ3v) is 6.36. The zero-order valence-corrected chi connectivity index (χ0v) is 21.4. The van der Waals surface area contributed by atoms with Crippen LogP contribution in [0.3, 0.4) is 0 Å². The Morgan fingerprint density at radius 1 is 0.879 bits per heavy atom. The summed E-state index contributed by atoms with van der Waals surface area (Å²) < 4.78 is 0. The van der Waals surface area contributed by atoms with Crippen LogP contribution in [0.2, 0.25) is 0 Å². The summed E-state index contributed by atoms with van der Waals surface area (Å²) in [7, 11) is 0. The number of pyridine rings is 1. The van der Waals surface area contributed by atoms with Crippen molar-refractivity contribution < 1.29 is 9.90 Å². The predicted molar refractivity (Wildman–Crippen MR) is 141 cm³/mol. The van der Waals surface area contributed by atoms with Crippen LogP contribution in [0.1, 0.15) is 129 Å². The monoisotopic (exact) mass is 458 g/mol. The van der Waals surface area contributed by atoms with Gasteiger partial charge in [-0.3, -0.25) is 9.78 Å². The van der Waals surface area contributed by atoms with Crippen LogP contribution in [0.15, 0.2) is 30.5 Å². The molecule has 33 heavy (non-hydrogen) atoms. The van der Waals surface area contributed by atoms with Gasteiger partial charge in [-0.25, -0.2) is 0 Å². The standard InChI is InChI=1S/C29H50N2O2/c1-3-5-6-7-8-9-10-11-12-13-14-15-16-17-18-22-29(33)31-27(4-2)28(32)24-23-26-21-19-20-25-30-26/h19-21,23-25,27-28,32H,3-18,22H2,1-2H3,(H,31,33)/t27-,28+/m0/s1. The maximum absolute atomic E-state index is 12.3. The lowest BCUT2D eigenvalue weighted by Crippen LogP contribution is -2.42. The Bertz CT molecular complexity index is 603. The number of hydrogen-bond donors (Lipinski definition) is 2. The molecule has 1 heterocycles. The highest BCUT2D eigenvalue weighted by molar-refractivity contribution is 5.76. The van der Waals surface area contributed by atoms with Crippen LogP contribution in [0.25, 0.3) is 6.08 Å². The Labute approximate surface area is 203 Å². The SMILES string of the molecule is CCCCCCCCCCCCCCCCCC(=O)N[C@@H](CC)[C@H](O)C=Cc1ccccn1. The molecule has 0 bridgehead atoms. The minimum atomic E-state index is -0.706. The number of unbranched alkanes of at least 4 members (excludes halogenated alkanes) is 14. The van der Waals surface area contributed by atoms with Gasteiger partial charge >= 0.3 is 0 Å². The lowest BCUT2D eigenvalue weighted by molar-refractivity contribution is -0.122. The van der Waals surface area contributed by atoms with Crippen LogP contribution in [0.4, 0.5) is 0 Å². The molecule has 1 aromatic heterocycles. The number of nitrogens with zero attached hydrogens (tertiary/aromatic N) is 1. The molecular formula is C29H50N2O2. The number of aliphatic hydroxyl groups is 1. The fraction of sp³-hybridized carbons (Fsp3) is 0.724. The molecule has 0 saturated carbocycles. The van der Waals surface area contributed by atoms with E-state index in [-0.39, 0.29) is 11.9 Å². The van der Waals surface area contributed by atoms with Crippen molar-refractivity contribution in [1.82, 2.24) is 10.3 Å². The van der Waals surface area contributed by atoms with E-state index in [0.717, 1.165) is 18.5 Å². The molecule has 0 aliphatic carbocycles. The van der Waals surface area contributed by atoms with Crippen molar-refractivity contribution >= 4 is 12.0 Å². The molecule has 0 aliphatic heterocycles. The smallest absolute Gasteiger partial charge is 0.220 e. The number of carbonyl (C=O) groups excluding carboxylic acids is 1. The highest BCUT2D eigenvalue weighted by atomic mass is 16.3. The number of aromatic nitrogens is 1. The molecule has 2 atom stereocenters. The predicted octanol–water partition coefficient (Wildman–Crippen LogP) is 7.61. The highest BCUT2D eigenvalue weighted by Crippen LogP contribution is 2.14. The first-order valence-electron chi connectivity index (χ1n) is 13.7. The third kappa shape index (κ3) is 16.6. The Morgan fingerprint density at radius 2 is 1.42 bits per heavy atom. The van der Waals surface area contributed by atoms with Crippen LogP contribution in [-0.2, 0) is 4.79 Å². The summed E-state index contributed by atoms with van der Waals surface area (Å²) in [4.78, 5) is 16.5.